The zero-order valence-electron chi connectivity index (χ0n) is 20.5. The van der Waals surface area contributed by atoms with Crippen molar-refractivity contribution in [3.05, 3.63) is 101 Å². The smallest absolute Gasteiger partial charge is 0.339 e. The first-order valence-electron chi connectivity index (χ1n) is 12.1. The topological polar surface area (TPSA) is 74.3 Å². The number of nitrogens with zero attached hydrogens (tertiary/aromatic N) is 2. The number of allylic oxidation sites excluding steroid dienone is 2. The summed E-state index contributed by atoms with van der Waals surface area (Å²) >= 11 is 0. The zero-order chi connectivity index (χ0) is 25.2. The van der Waals surface area contributed by atoms with Gasteiger partial charge in [-0.3, -0.25) is 4.79 Å². The molecule has 0 saturated carbocycles. The van der Waals surface area contributed by atoms with Gasteiger partial charge in [0.25, 0.3) is 0 Å². The number of carbonyl (C=O) groups is 2. The Hall–Kier alpha value is -4.19. The Morgan fingerprint density at radius 1 is 1.17 bits per heavy atom. The largest absolute Gasteiger partial charge is 0.465 e. The number of fused-ring (bicyclic) bond motifs is 2. The average molecular weight is 481 g/mol. The molecule has 0 aliphatic heterocycles. The van der Waals surface area contributed by atoms with Gasteiger partial charge in [0.2, 0.25) is 5.78 Å². The van der Waals surface area contributed by atoms with E-state index in [-0.39, 0.29) is 12.4 Å². The Morgan fingerprint density at radius 3 is 2.78 bits per heavy atom. The number of ether oxygens (including phenoxy) is 1. The van der Waals surface area contributed by atoms with Crippen LogP contribution >= 0.6 is 0 Å². The van der Waals surface area contributed by atoms with Crippen LogP contribution in [0.25, 0.3) is 22.6 Å². The third-order valence-corrected chi connectivity index (χ3v) is 6.75. The van der Waals surface area contributed by atoms with Gasteiger partial charge in [0.1, 0.15) is 5.76 Å². The van der Waals surface area contributed by atoms with Crippen molar-refractivity contribution in [2.24, 2.45) is 0 Å². The lowest BCUT2D eigenvalue weighted by Gasteiger charge is -2.22. The molecule has 4 aromatic rings. The number of aromatic nitrogens is 2. The summed E-state index contributed by atoms with van der Waals surface area (Å²) in [6.07, 6.45) is 7.85. The number of carbonyl (C=O) groups excluding carboxylic acids is 2. The number of ketones is 1. The van der Waals surface area contributed by atoms with E-state index < -0.39 is 5.97 Å². The van der Waals surface area contributed by atoms with Crippen LogP contribution in [-0.4, -0.2) is 27.9 Å². The molecule has 0 saturated heterocycles. The fourth-order valence-electron chi connectivity index (χ4n) is 5.03. The summed E-state index contributed by atoms with van der Waals surface area (Å²) < 4.78 is 13.2. The third kappa shape index (κ3) is 4.31. The number of aryl methyl sites for hydroxylation is 1. The molecule has 0 fully saturated rings. The van der Waals surface area contributed by atoms with Gasteiger partial charge >= 0.3 is 5.97 Å². The molecule has 1 aliphatic rings. The van der Waals surface area contributed by atoms with Gasteiger partial charge in [-0.05, 0) is 74.6 Å². The van der Waals surface area contributed by atoms with Crippen molar-refractivity contribution in [3.8, 4) is 0 Å². The second-order valence-electron chi connectivity index (χ2n) is 9.05. The predicted octanol–water partition coefficient (Wildman–Crippen LogP) is 6.35. The standard InChI is InChI=1S/C30H28N2O4/c1-4-14-32-19(2)16-25(20(32)3)27(33)18-36-30(34)28-23-11-5-6-13-26(23)31-29-21(9-7-12-24(28)29)17-22-10-8-15-35-22/h4-6,8,10-11,13,15-17H,1,7,9,12,14,18H2,2-3H3/b21-17-. The molecule has 1 aliphatic carbocycles. The van der Waals surface area contributed by atoms with Crippen molar-refractivity contribution in [1.82, 2.24) is 9.55 Å². The highest BCUT2D eigenvalue weighted by molar-refractivity contribution is 6.08. The molecule has 0 amide bonds. The molecular weight excluding hydrogens is 452 g/mol. The van der Waals surface area contributed by atoms with Gasteiger partial charge in [-0.15, -0.1) is 6.58 Å². The average Bonchev–Trinajstić information content (AvgIpc) is 3.49. The molecule has 3 heterocycles. The molecular formula is C30H28N2O4. The lowest BCUT2D eigenvalue weighted by atomic mass is 9.86. The Bertz CT molecular complexity index is 1510. The van der Waals surface area contributed by atoms with Gasteiger partial charge in [0.05, 0.1) is 23.0 Å². The van der Waals surface area contributed by atoms with Crippen LogP contribution < -0.4 is 0 Å². The maximum absolute atomic E-state index is 13.5. The summed E-state index contributed by atoms with van der Waals surface area (Å²) in [4.78, 5) is 31.4. The predicted molar refractivity (Wildman–Crippen MR) is 140 cm³/mol. The maximum Gasteiger partial charge on any atom is 0.339 e. The third-order valence-electron chi connectivity index (χ3n) is 6.75. The summed E-state index contributed by atoms with van der Waals surface area (Å²) in [6.45, 7) is 7.92. The van der Waals surface area contributed by atoms with E-state index in [0.717, 1.165) is 57.7 Å². The highest BCUT2D eigenvalue weighted by Crippen LogP contribution is 2.36. The first-order valence-corrected chi connectivity index (χ1v) is 12.1. The van der Waals surface area contributed by atoms with Crippen LogP contribution in [0.3, 0.4) is 0 Å². The summed E-state index contributed by atoms with van der Waals surface area (Å²) in [7, 11) is 0. The fraction of sp³-hybridized carbons (Fsp3) is 0.233. The number of para-hydroxylation sites is 1. The van der Waals surface area contributed by atoms with E-state index in [1.165, 1.54) is 0 Å². The Kier molecular flexibility index (Phi) is 6.42. The molecule has 6 nitrogen and oxygen atoms in total. The van der Waals surface area contributed by atoms with Crippen molar-refractivity contribution in [3.63, 3.8) is 0 Å². The Morgan fingerprint density at radius 2 is 2.00 bits per heavy atom. The Labute approximate surface area is 209 Å². The van der Waals surface area contributed by atoms with Crippen LogP contribution in [0.1, 0.15) is 62.0 Å². The highest BCUT2D eigenvalue weighted by Gasteiger charge is 2.27. The van der Waals surface area contributed by atoms with Gasteiger partial charge in [-0.2, -0.15) is 0 Å². The quantitative estimate of drug-likeness (QED) is 0.175. The molecule has 5 rings (SSSR count). The van der Waals surface area contributed by atoms with Crippen LogP contribution in [0.4, 0.5) is 0 Å². The lowest BCUT2D eigenvalue weighted by molar-refractivity contribution is 0.0475. The van der Waals surface area contributed by atoms with Gasteiger partial charge in [0.15, 0.2) is 6.61 Å². The number of benzene rings is 1. The summed E-state index contributed by atoms with van der Waals surface area (Å²) in [6, 6.07) is 13.1. The summed E-state index contributed by atoms with van der Waals surface area (Å²) in [5, 5.41) is 0.733. The van der Waals surface area contributed by atoms with Crippen LogP contribution in [0.2, 0.25) is 0 Å². The van der Waals surface area contributed by atoms with Crippen molar-refractivity contribution < 1.29 is 18.7 Å². The van der Waals surface area contributed by atoms with Gasteiger partial charge < -0.3 is 13.7 Å². The van der Waals surface area contributed by atoms with E-state index in [1.807, 2.05) is 67.0 Å². The number of furan rings is 1. The van der Waals surface area contributed by atoms with E-state index in [1.54, 1.807) is 12.3 Å². The van der Waals surface area contributed by atoms with Crippen molar-refractivity contribution >= 4 is 34.3 Å². The molecule has 0 atom stereocenters. The van der Waals surface area contributed by atoms with Crippen molar-refractivity contribution in [2.45, 2.75) is 39.7 Å². The minimum absolute atomic E-state index is 0.225. The lowest BCUT2D eigenvalue weighted by Crippen LogP contribution is -2.19. The first kappa shape index (κ1) is 23.5. The van der Waals surface area contributed by atoms with E-state index in [2.05, 4.69) is 6.58 Å². The van der Waals surface area contributed by atoms with Crippen molar-refractivity contribution in [1.29, 1.82) is 0 Å². The molecule has 0 N–H and O–H groups in total. The normalized spacial score (nSPS) is 14.1. The molecule has 182 valence electrons. The second kappa shape index (κ2) is 9.82. The SMILES string of the molecule is C=CCn1c(C)cc(C(=O)COC(=O)c2c3c(nc4ccccc24)/C(=C\c2ccco2)CCC3)c1C. The first-order chi connectivity index (χ1) is 17.5. The maximum atomic E-state index is 13.5. The van der Waals surface area contributed by atoms with Crippen LogP contribution in [0.5, 0.6) is 0 Å². The van der Waals surface area contributed by atoms with E-state index in [4.69, 9.17) is 14.1 Å². The van der Waals surface area contributed by atoms with Gasteiger partial charge in [0, 0.05) is 28.9 Å². The number of esters is 1. The molecule has 36 heavy (non-hydrogen) atoms. The van der Waals surface area contributed by atoms with Crippen LogP contribution in [-0.2, 0) is 17.7 Å². The zero-order valence-corrected chi connectivity index (χ0v) is 20.5. The second-order valence-corrected chi connectivity index (χ2v) is 9.05. The van der Waals surface area contributed by atoms with Gasteiger partial charge in [-0.25, -0.2) is 9.78 Å². The molecule has 0 radical (unpaired) electrons. The van der Waals surface area contributed by atoms with E-state index >= 15 is 0 Å². The molecule has 6 heteroatoms. The minimum atomic E-state index is -0.502. The molecule has 3 aromatic heterocycles. The molecule has 0 bridgehead atoms. The number of Topliss-reactive ketones (excluding diaryl/α,β-unsaturated/α-hetero) is 1. The summed E-state index contributed by atoms with van der Waals surface area (Å²) in [5.74, 6) is 0.0197. The van der Waals surface area contributed by atoms with Crippen LogP contribution in [0.15, 0.2) is 65.8 Å². The molecule has 0 unspecified atom stereocenters. The van der Waals surface area contributed by atoms with Gasteiger partial charge in [-0.1, -0.05) is 24.3 Å². The number of rotatable bonds is 7. The summed E-state index contributed by atoms with van der Waals surface area (Å²) in [5.41, 5.74) is 6.26. The van der Waals surface area contributed by atoms with Crippen LogP contribution in [0, 0.1) is 13.8 Å². The fourth-order valence-corrected chi connectivity index (χ4v) is 5.03. The molecule has 0 spiro atoms. The Balaban J connectivity index is 1.49. The van der Waals surface area contributed by atoms with E-state index in [9.17, 15) is 9.59 Å². The number of pyridine rings is 1. The van der Waals surface area contributed by atoms with E-state index in [0.29, 0.717) is 24.1 Å². The highest BCUT2D eigenvalue weighted by atomic mass is 16.5. The minimum Gasteiger partial charge on any atom is -0.465 e. The number of hydrogen-bond acceptors (Lipinski definition) is 5. The number of hydrogen-bond donors (Lipinski definition) is 0. The molecule has 1 aromatic carbocycles. The van der Waals surface area contributed by atoms with Crippen molar-refractivity contribution in [2.75, 3.05) is 6.61 Å². The monoisotopic (exact) mass is 480 g/mol.